The van der Waals surface area contributed by atoms with Crippen LogP contribution >= 0.6 is 0 Å². The third-order valence-corrected chi connectivity index (χ3v) is 3.40. The molecule has 110 valence electrons. The molecule has 0 aliphatic rings. The van der Waals surface area contributed by atoms with E-state index in [9.17, 15) is 0 Å². The van der Waals surface area contributed by atoms with Crippen molar-refractivity contribution in [1.29, 1.82) is 0 Å². The van der Waals surface area contributed by atoms with Crippen LogP contribution in [0.5, 0.6) is 0 Å². The highest BCUT2D eigenvalue weighted by Crippen LogP contribution is 2.22. The summed E-state index contributed by atoms with van der Waals surface area (Å²) in [5.74, 6) is 0. The SMILES string of the molecule is CC(C)n1nc(/C=C/c2ccccc2)c(-c2ccccc2)n1. The third kappa shape index (κ3) is 3.14. The molecule has 22 heavy (non-hydrogen) atoms. The van der Waals surface area contributed by atoms with Crippen molar-refractivity contribution in [2.24, 2.45) is 0 Å². The first-order valence-electron chi connectivity index (χ1n) is 7.49. The van der Waals surface area contributed by atoms with Crippen molar-refractivity contribution < 1.29 is 0 Å². The minimum absolute atomic E-state index is 0.237. The highest BCUT2D eigenvalue weighted by Gasteiger charge is 2.12. The van der Waals surface area contributed by atoms with E-state index < -0.39 is 0 Å². The Kier molecular flexibility index (Phi) is 4.15. The number of benzene rings is 2. The van der Waals surface area contributed by atoms with Gasteiger partial charge in [0.25, 0.3) is 0 Å². The van der Waals surface area contributed by atoms with Crippen LogP contribution in [0.25, 0.3) is 23.4 Å². The summed E-state index contributed by atoms with van der Waals surface area (Å²) < 4.78 is 0. The van der Waals surface area contributed by atoms with E-state index in [1.807, 2.05) is 42.5 Å². The van der Waals surface area contributed by atoms with Crippen LogP contribution in [0.2, 0.25) is 0 Å². The van der Waals surface area contributed by atoms with Crippen molar-refractivity contribution in [3.63, 3.8) is 0 Å². The Morgan fingerprint density at radius 3 is 2.09 bits per heavy atom. The summed E-state index contributed by atoms with van der Waals surface area (Å²) in [5, 5.41) is 9.27. The zero-order chi connectivity index (χ0) is 15.4. The van der Waals surface area contributed by atoms with Crippen LogP contribution in [0.3, 0.4) is 0 Å². The molecule has 0 amide bonds. The number of nitrogens with zero attached hydrogens (tertiary/aromatic N) is 3. The first-order chi connectivity index (χ1) is 10.7. The van der Waals surface area contributed by atoms with Crippen molar-refractivity contribution in [3.05, 3.63) is 71.9 Å². The average Bonchev–Trinajstić information content (AvgIpc) is 2.99. The molecule has 1 aromatic heterocycles. The molecule has 0 saturated heterocycles. The topological polar surface area (TPSA) is 30.7 Å². The van der Waals surface area contributed by atoms with Gasteiger partial charge in [0, 0.05) is 5.56 Å². The summed E-state index contributed by atoms with van der Waals surface area (Å²) in [4.78, 5) is 1.77. The van der Waals surface area contributed by atoms with Gasteiger partial charge in [-0.2, -0.15) is 15.0 Å². The van der Waals surface area contributed by atoms with Crippen LogP contribution in [0, 0.1) is 0 Å². The smallest absolute Gasteiger partial charge is 0.120 e. The Balaban J connectivity index is 2.01. The molecule has 0 atom stereocenters. The van der Waals surface area contributed by atoms with Crippen molar-refractivity contribution >= 4 is 12.2 Å². The van der Waals surface area contributed by atoms with Crippen LogP contribution in [-0.4, -0.2) is 15.0 Å². The second kappa shape index (κ2) is 6.39. The van der Waals surface area contributed by atoms with E-state index in [1.165, 1.54) is 0 Å². The minimum Gasteiger partial charge on any atom is -0.181 e. The zero-order valence-electron chi connectivity index (χ0n) is 12.8. The van der Waals surface area contributed by atoms with Crippen molar-refractivity contribution in [1.82, 2.24) is 15.0 Å². The van der Waals surface area contributed by atoms with Gasteiger partial charge in [0.05, 0.1) is 6.04 Å². The Morgan fingerprint density at radius 2 is 1.45 bits per heavy atom. The van der Waals surface area contributed by atoms with E-state index in [1.54, 1.807) is 4.80 Å². The summed E-state index contributed by atoms with van der Waals surface area (Å²) in [7, 11) is 0. The fourth-order valence-electron chi connectivity index (χ4n) is 2.22. The van der Waals surface area contributed by atoms with E-state index in [-0.39, 0.29) is 6.04 Å². The Hall–Kier alpha value is -2.68. The third-order valence-electron chi connectivity index (χ3n) is 3.40. The van der Waals surface area contributed by atoms with Gasteiger partial charge in [0.15, 0.2) is 0 Å². The fourth-order valence-corrected chi connectivity index (χ4v) is 2.22. The second-order valence-electron chi connectivity index (χ2n) is 5.46. The van der Waals surface area contributed by atoms with Gasteiger partial charge in [0.1, 0.15) is 11.4 Å². The maximum Gasteiger partial charge on any atom is 0.120 e. The lowest BCUT2D eigenvalue weighted by Crippen LogP contribution is -2.04. The molecule has 0 aliphatic heterocycles. The summed E-state index contributed by atoms with van der Waals surface area (Å²) in [6.07, 6.45) is 4.10. The predicted octanol–water partition coefficient (Wildman–Crippen LogP) is 4.70. The molecule has 1 heterocycles. The number of aromatic nitrogens is 3. The van der Waals surface area contributed by atoms with Gasteiger partial charge in [-0.3, -0.25) is 0 Å². The van der Waals surface area contributed by atoms with E-state index in [2.05, 4.69) is 54.4 Å². The van der Waals surface area contributed by atoms with E-state index in [0.29, 0.717) is 0 Å². The number of hydrogen-bond donors (Lipinski definition) is 0. The van der Waals surface area contributed by atoms with E-state index in [0.717, 1.165) is 22.5 Å². The number of rotatable bonds is 4. The average molecular weight is 289 g/mol. The molecule has 0 fully saturated rings. The standard InChI is InChI=1S/C19H19N3/c1-15(2)22-20-18(14-13-16-9-5-3-6-10-16)19(21-22)17-11-7-4-8-12-17/h3-15H,1-2H3/b14-13+. The molecule has 3 rings (SSSR count). The molecule has 0 saturated carbocycles. The Morgan fingerprint density at radius 1 is 0.818 bits per heavy atom. The Bertz CT molecular complexity index is 756. The fraction of sp³-hybridized carbons (Fsp3) is 0.158. The Labute approximate surface area is 130 Å². The van der Waals surface area contributed by atoms with Gasteiger partial charge in [-0.15, -0.1) is 0 Å². The molecule has 0 bridgehead atoms. The second-order valence-corrected chi connectivity index (χ2v) is 5.46. The quantitative estimate of drug-likeness (QED) is 0.697. The lowest BCUT2D eigenvalue weighted by Gasteiger charge is -2.00. The monoisotopic (exact) mass is 289 g/mol. The first-order valence-corrected chi connectivity index (χ1v) is 7.49. The van der Waals surface area contributed by atoms with Crippen LogP contribution in [0.1, 0.15) is 31.1 Å². The lowest BCUT2D eigenvalue weighted by molar-refractivity contribution is 0.466. The summed E-state index contributed by atoms with van der Waals surface area (Å²) in [5.41, 5.74) is 4.05. The maximum atomic E-state index is 4.65. The maximum absolute atomic E-state index is 4.65. The molecule has 0 N–H and O–H groups in total. The van der Waals surface area contributed by atoms with Gasteiger partial charge in [-0.05, 0) is 25.5 Å². The van der Waals surface area contributed by atoms with Crippen LogP contribution < -0.4 is 0 Å². The summed E-state index contributed by atoms with van der Waals surface area (Å²) in [6.45, 7) is 4.17. The highest BCUT2D eigenvalue weighted by molar-refractivity contribution is 5.76. The van der Waals surface area contributed by atoms with Crippen molar-refractivity contribution in [2.45, 2.75) is 19.9 Å². The summed E-state index contributed by atoms with van der Waals surface area (Å²) >= 11 is 0. The van der Waals surface area contributed by atoms with Gasteiger partial charge in [-0.1, -0.05) is 66.7 Å². The van der Waals surface area contributed by atoms with Gasteiger partial charge >= 0.3 is 0 Å². The predicted molar refractivity (Wildman–Crippen MR) is 91.2 cm³/mol. The zero-order valence-corrected chi connectivity index (χ0v) is 12.8. The molecule has 3 heteroatoms. The molecular weight excluding hydrogens is 270 g/mol. The summed E-state index contributed by atoms with van der Waals surface area (Å²) in [6, 6.07) is 20.6. The van der Waals surface area contributed by atoms with Crippen molar-refractivity contribution in [3.8, 4) is 11.3 Å². The molecule has 0 unspecified atom stereocenters. The molecule has 0 aliphatic carbocycles. The van der Waals surface area contributed by atoms with Gasteiger partial charge in [0.2, 0.25) is 0 Å². The van der Waals surface area contributed by atoms with Gasteiger partial charge in [-0.25, -0.2) is 0 Å². The van der Waals surface area contributed by atoms with Crippen LogP contribution in [0.15, 0.2) is 60.7 Å². The molecule has 3 aromatic rings. The molecule has 3 nitrogen and oxygen atoms in total. The largest absolute Gasteiger partial charge is 0.181 e. The van der Waals surface area contributed by atoms with Crippen LogP contribution in [-0.2, 0) is 0 Å². The molecule has 0 radical (unpaired) electrons. The first kappa shape index (κ1) is 14.3. The molecule has 0 spiro atoms. The van der Waals surface area contributed by atoms with Gasteiger partial charge < -0.3 is 0 Å². The van der Waals surface area contributed by atoms with Crippen LogP contribution in [0.4, 0.5) is 0 Å². The number of hydrogen-bond acceptors (Lipinski definition) is 2. The molecular formula is C19H19N3. The molecule has 2 aromatic carbocycles. The normalized spacial score (nSPS) is 11.4. The van der Waals surface area contributed by atoms with Crippen molar-refractivity contribution in [2.75, 3.05) is 0 Å². The highest BCUT2D eigenvalue weighted by atomic mass is 15.5. The van der Waals surface area contributed by atoms with E-state index >= 15 is 0 Å². The van der Waals surface area contributed by atoms with E-state index in [4.69, 9.17) is 0 Å². The lowest BCUT2D eigenvalue weighted by atomic mass is 10.1. The minimum atomic E-state index is 0.237.